The molecule has 1 rings (SSSR count). The Kier molecular flexibility index (Phi) is 6.70. The van der Waals surface area contributed by atoms with Gasteiger partial charge in [0.05, 0.1) is 12.5 Å². The predicted octanol–water partition coefficient (Wildman–Crippen LogP) is 2.67. The molecular formula is C16H23N3O2. The normalized spacial score (nSPS) is 10.8. The molecule has 0 unspecified atom stereocenters. The van der Waals surface area contributed by atoms with Crippen LogP contribution in [0.1, 0.15) is 32.3 Å². The first-order chi connectivity index (χ1) is 9.96. The van der Waals surface area contributed by atoms with Gasteiger partial charge in [-0.3, -0.25) is 0 Å². The third-order valence-corrected chi connectivity index (χ3v) is 3.24. The number of aliphatic hydroxyl groups excluding tert-OH is 1. The number of anilines is 1. The molecule has 2 amide bonds. The quantitative estimate of drug-likeness (QED) is 0.675. The highest BCUT2D eigenvalue weighted by molar-refractivity contribution is 5.89. The van der Waals surface area contributed by atoms with E-state index < -0.39 is 0 Å². The summed E-state index contributed by atoms with van der Waals surface area (Å²) in [6.07, 6.45) is 2.04. The third-order valence-electron chi connectivity index (χ3n) is 3.24. The molecule has 0 aliphatic heterocycles. The van der Waals surface area contributed by atoms with Crippen LogP contribution in [0.2, 0.25) is 0 Å². The van der Waals surface area contributed by atoms with Gasteiger partial charge in [0.15, 0.2) is 0 Å². The standard InChI is InChI=1S/C16H23N3O2/c1-16(2,12-20)9-3-11-18-15(21)19-14-6-4-13(5-7-14)8-10-17/h4-7,20H,3,8-9,11-12H2,1-2H3,(H2,18,19,21). The van der Waals surface area contributed by atoms with Crippen LogP contribution in [0.25, 0.3) is 0 Å². The topological polar surface area (TPSA) is 85.2 Å². The molecule has 21 heavy (non-hydrogen) atoms. The second kappa shape index (κ2) is 8.28. The molecular weight excluding hydrogens is 266 g/mol. The molecule has 5 heteroatoms. The van der Waals surface area contributed by atoms with Crippen LogP contribution >= 0.6 is 0 Å². The smallest absolute Gasteiger partial charge is 0.319 e. The molecule has 0 radical (unpaired) electrons. The highest BCUT2D eigenvalue weighted by Crippen LogP contribution is 2.20. The second-order valence-electron chi connectivity index (χ2n) is 5.84. The molecule has 5 nitrogen and oxygen atoms in total. The molecule has 0 spiro atoms. The van der Waals surface area contributed by atoms with Gasteiger partial charge in [-0.1, -0.05) is 26.0 Å². The summed E-state index contributed by atoms with van der Waals surface area (Å²) in [5.74, 6) is 0. The fourth-order valence-corrected chi connectivity index (χ4v) is 1.82. The number of nitrogens with one attached hydrogen (secondary N) is 2. The van der Waals surface area contributed by atoms with Crippen LogP contribution in [0.3, 0.4) is 0 Å². The summed E-state index contributed by atoms with van der Waals surface area (Å²) >= 11 is 0. The number of nitriles is 1. The van der Waals surface area contributed by atoms with E-state index in [2.05, 4.69) is 16.7 Å². The Balaban J connectivity index is 2.29. The Morgan fingerprint density at radius 1 is 1.33 bits per heavy atom. The van der Waals surface area contributed by atoms with Crippen molar-refractivity contribution >= 4 is 11.7 Å². The van der Waals surface area contributed by atoms with E-state index >= 15 is 0 Å². The number of nitrogens with zero attached hydrogens (tertiary/aromatic N) is 1. The van der Waals surface area contributed by atoms with E-state index in [0.717, 1.165) is 18.4 Å². The van der Waals surface area contributed by atoms with Crippen molar-refractivity contribution in [2.24, 2.45) is 5.41 Å². The van der Waals surface area contributed by atoms with Crippen LogP contribution in [0.15, 0.2) is 24.3 Å². The molecule has 0 aromatic heterocycles. The maximum Gasteiger partial charge on any atom is 0.319 e. The van der Waals surface area contributed by atoms with Gasteiger partial charge in [0.25, 0.3) is 0 Å². The lowest BCUT2D eigenvalue weighted by Gasteiger charge is -2.21. The molecule has 0 saturated carbocycles. The molecule has 0 atom stereocenters. The van der Waals surface area contributed by atoms with Gasteiger partial charge in [0.1, 0.15) is 0 Å². The fourth-order valence-electron chi connectivity index (χ4n) is 1.82. The van der Waals surface area contributed by atoms with Gasteiger partial charge < -0.3 is 15.7 Å². The Morgan fingerprint density at radius 3 is 2.57 bits per heavy atom. The van der Waals surface area contributed by atoms with Gasteiger partial charge in [0.2, 0.25) is 0 Å². The maximum atomic E-state index is 11.7. The number of hydrogen-bond acceptors (Lipinski definition) is 3. The van der Waals surface area contributed by atoms with Crippen molar-refractivity contribution < 1.29 is 9.90 Å². The number of carbonyl (C=O) groups excluding carboxylic acids is 1. The van der Waals surface area contributed by atoms with Crippen molar-refractivity contribution in [3.05, 3.63) is 29.8 Å². The molecule has 114 valence electrons. The largest absolute Gasteiger partial charge is 0.396 e. The average Bonchev–Trinajstić information content (AvgIpc) is 2.46. The Labute approximate surface area is 126 Å². The predicted molar refractivity (Wildman–Crippen MR) is 82.9 cm³/mol. The van der Waals surface area contributed by atoms with Gasteiger partial charge in [-0.25, -0.2) is 4.79 Å². The van der Waals surface area contributed by atoms with Crippen LogP contribution in [0, 0.1) is 16.7 Å². The number of benzene rings is 1. The first-order valence-corrected chi connectivity index (χ1v) is 7.08. The average molecular weight is 289 g/mol. The molecule has 0 aliphatic rings. The van der Waals surface area contributed by atoms with Gasteiger partial charge >= 0.3 is 6.03 Å². The molecule has 0 saturated heterocycles. The molecule has 0 bridgehead atoms. The van der Waals surface area contributed by atoms with Gasteiger partial charge in [-0.05, 0) is 36.0 Å². The van der Waals surface area contributed by atoms with Crippen LogP contribution < -0.4 is 10.6 Å². The van der Waals surface area contributed by atoms with Crippen molar-refractivity contribution in [2.75, 3.05) is 18.5 Å². The van der Waals surface area contributed by atoms with Gasteiger partial charge in [0, 0.05) is 18.8 Å². The summed E-state index contributed by atoms with van der Waals surface area (Å²) in [6.45, 7) is 4.71. The summed E-state index contributed by atoms with van der Waals surface area (Å²) in [7, 11) is 0. The van der Waals surface area contributed by atoms with Gasteiger partial charge in [-0.2, -0.15) is 5.26 Å². The SMILES string of the molecule is CC(C)(CO)CCCNC(=O)Nc1ccc(CC#N)cc1. The summed E-state index contributed by atoms with van der Waals surface area (Å²) in [5.41, 5.74) is 1.52. The lowest BCUT2D eigenvalue weighted by molar-refractivity contribution is 0.148. The van der Waals surface area contributed by atoms with E-state index in [4.69, 9.17) is 10.4 Å². The Bertz CT molecular complexity index is 489. The number of urea groups is 1. The molecule has 0 heterocycles. The molecule has 0 fully saturated rings. The van der Waals surface area contributed by atoms with Crippen molar-refractivity contribution in [1.82, 2.24) is 5.32 Å². The summed E-state index contributed by atoms with van der Waals surface area (Å²) in [5, 5.41) is 23.2. The molecule has 1 aromatic carbocycles. The maximum absolute atomic E-state index is 11.7. The minimum atomic E-state index is -0.246. The zero-order chi connectivity index (χ0) is 15.7. The van der Waals surface area contributed by atoms with E-state index in [1.807, 2.05) is 26.0 Å². The zero-order valence-electron chi connectivity index (χ0n) is 12.6. The van der Waals surface area contributed by atoms with Crippen LogP contribution in [0.5, 0.6) is 0 Å². The van der Waals surface area contributed by atoms with Crippen molar-refractivity contribution in [3.63, 3.8) is 0 Å². The summed E-state index contributed by atoms with van der Waals surface area (Å²) in [4.78, 5) is 11.7. The highest BCUT2D eigenvalue weighted by Gasteiger charge is 2.15. The fraction of sp³-hybridized carbons (Fsp3) is 0.500. The minimum absolute atomic E-state index is 0.102. The second-order valence-corrected chi connectivity index (χ2v) is 5.84. The lowest BCUT2D eigenvalue weighted by atomic mass is 9.89. The Morgan fingerprint density at radius 2 is 2.00 bits per heavy atom. The molecule has 3 N–H and O–H groups in total. The monoisotopic (exact) mass is 289 g/mol. The molecule has 1 aromatic rings. The first-order valence-electron chi connectivity index (χ1n) is 7.08. The number of amides is 2. The van der Waals surface area contributed by atoms with Crippen molar-refractivity contribution in [1.29, 1.82) is 5.26 Å². The summed E-state index contributed by atoms with van der Waals surface area (Å²) < 4.78 is 0. The van der Waals surface area contributed by atoms with E-state index in [-0.39, 0.29) is 18.1 Å². The zero-order valence-corrected chi connectivity index (χ0v) is 12.6. The Hall–Kier alpha value is -2.06. The lowest BCUT2D eigenvalue weighted by Crippen LogP contribution is -2.30. The van der Waals surface area contributed by atoms with E-state index in [1.165, 1.54) is 0 Å². The molecule has 0 aliphatic carbocycles. The number of aliphatic hydroxyl groups is 1. The minimum Gasteiger partial charge on any atom is -0.396 e. The van der Waals surface area contributed by atoms with Crippen molar-refractivity contribution in [3.8, 4) is 6.07 Å². The van der Waals surface area contributed by atoms with Crippen LogP contribution in [0.4, 0.5) is 10.5 Å². The van der Waals surface area contributed by atoms with E-state index in [9.17, 15) is 4.79 Å². The van der Waals surface area contributed by atoms with Gasteiger partial charge in [-0.15, -0.1) is 0 Å². The van der Waals surface area contributed by atoms with Crippen molar-refractivity contribution in [2.45, 2.75) is 33.1 Å². The first kappa shape index (κ1) is 17.0. The highest BCUT2D eigenvalue weighted by atomic mass is 16.3. The number of hydrogen-bond donors (Lipinski definition) is 3. The van der Waals surface area contributed by atoms with Crippen LogP contribution in [-0.2, 0) is 6.42 Å². The van der Waals surface area contributed by atoms with E-state index in [0.29, 0.717) is 18.7 Å². The number of carbonyl (C=O) groups is 1. The summed E-state index contributed by atoms with van der Waals surface area (Å²) in [6, 6.07) is 9.03. The van der Waals surface area contributed by atoms with E-state index in [1.54, 1.807) is 12.1 Å². The van der Waals surface area contributed by atoms with Crippen LogP contribution in [-0.4, -0.2) is 24.3 Å². The third kappa shape index (κ3) is 6.77. The number of rotatable bonds is 7.